The van der Waals surface area contributed by atoms with Crippen molar-refractivity contribution in [3.63, 3.8) is 0 Å². The molecule has 3 heteroatoms. The molecule has 2 atom stereocenters. The van der Waals surface area contributed by atoms with Gasteiger partial charge in [-0.3, -0.25) is 0 Å². The molecule has 0 aromatic rings. The maximum absolute atomic E-state index is 5.97. The van der Waals surface area contributed by atoms with E-state index in [1.54, 1.807) is 0 Å². The van der Waals surface area contributed by atoms with Crippen molar-refractivity contribution in [3.05, 3.63) is 0 Å². The van der Waals surface area contributed by atoms with E-state index in [0.717, 1.165) is 32.5 Å². The van der Waals surface area contributed by atoms with Crippen LogP contribution in [0.15, 0.2) is 0 Å². The fourth-order valence-corrected chi connectivity index (χ4v) is 2.12. The molecule has 2 N–H and O–H groups in total. The smallest absolute Gasteiger partial charge is 0.106 e. The zero-order valence-corrected chi connectivity index (χ0v) is 10.1. The standard InChI is InChI=1S/C12H25NO2/c1-3-4-10(2)9-12(13)15-11-5-7-14-8-6-11/h10-12H,3-9,13H2,1-2H3/t10?,12-/m0/s1. The Hall–Kier alpha value is -0.120. The normalized spacial score (nSPS) is 22.6. The van der Waals surface area contributed by atoms with Crippen LogP contribution in [0.1, 0.15) is 46.0 Å². The van der Waals surface area contributed by atoms with E-state index in [2.05, 4.69) is 13.8 Å². The third kappa shape index (κ3) is 5.50. The van der Waals surface area contributed by atoms with E-state index in [1.165, 1.54) is 12.8 Å². The van der Waals surface area contributed by atoms with Gasteiger partial charge in [0.1, 0.15) is 6.23 Å². The predicted molar refractivity (Wildman–Crippen MR) is 61.6 cm³/mol. The minimum atomic E-state index is -0.0883. The lowest BCUT2D eigenvalue weighted by Crippen LogP contribution is -2.34. The first kappa shape index (κ1) is 12.9. The Morgan fingerprint density at radius 2 is 2.07 bits per heavy atom. The molecule has 0 aliphatic carbocycles. The molecule has 0 saturated carbocycles. The summed E-state index contributed by atoms with van der Waals surface area (Å²) in [4.78, 5) is 0. The Morgan fingerprint density at radius 1 is 1.40 bits per heavy atom. The molecular weight excluding hydrogens is 190 g/mol. The van der Waals surface area contributed by atoms with Crippen LogP contribution in [0.3, 0.4) is 0 Å². The molecule has 3 nitrogen and oxygen atoms in total. The topological polar surface area (TPSA) is 44.5 Å². The molecule has 0 radical (unpaired) electrons. The van der Waals surface area contributed by atoms with Crippen molar-refractivity contribution in [2.75, 3.05) is 13.2 Å². The lowest BCUT2D eigenvalue weighted by molar-refractivity contribution is -0.0721. The van der Waals surface area contributed by atoms with Gasteiger partial charge in [0.25, 0.3) is 0 Å². The lowest BCUT2D eigenvalue weighted by atomic mass is 10.0. The maximum Gasteiger partial charge on any atom is 0.106 e. The van der Waals surface area contributed by atoms with E-state index in [0.29, 0.717) is 12.0 Å². The van der Waals surface area contributed by atoms with E-state index in [9.17, 15) is 0 Å². The molecule has 1 fully saturated rings. The van der Waals surface area contributed by atoms with Crippen molar-refractivity contribution in [2.45, 2.75) is 58.3 Å². The number of rotatable bonds is 6. The second-order valence-electron chi connectivity index (χ2n) is 4.62. The first-order valence-corrected chi connectivity index (χ1v) is 6.21. The molecule has 1 saturated heterocycles. The Morgan fingerprint density at radius 3 is 2.67 bits per heavy atom. The number of hydrogen-bond acceptors (Lipinski definition) is 3. The van der Waals surface area contributed by atoms with Crippen molar-refractivity contribution in [2.24, 2.45) is 11.7 Å². The Bertz CT molecular complexity index is 158. The summed E-state index contributed by atoms with van der Waals surface area (Å²) in [5, 5.41) is 0. The largest absolute Gasteiger partial charge is 0.381 e. The molecule has 0 amide bonds. The van der Waals surface area contributed by atoms with Crippen LogP contribution >= 0.6 is 0 Å². The highest BCUT2D eigenvalue weighted by molar-refractivity contribution is 4.65. The zero-order valence-electron chi connectivity index (χ0n) is 10.1. The van der Waals surface area contributed by atoms with Gasteiger partial charge in [-0.05, 0) is 25.2 Å². The van der Waals surface area contributed by atoms with Crippen molar-refractivity contribution < 1.29 is 9.47 Å². The van der Waals surface area contributed by atoms with Crippen molar-refractivity contribution >= 4 is 0 Å². The van der Waals surface area contributed by atoms with E-state index in [-0.39, 0.29) is 6.23 Å². The molecule has 1 aliphatic heterocycles. The molecule has 1 unspecified atom stereocenters. The average Bonchev–Trinajstić information content (AvgIpc) is 2.19. The Balaban J connectivity index is 2.13. The van der Waals surface area contributed by atoms with E-state index in [4.69, 9.17) is 15.2 Å². The highest BCUT2D eigenvalue weighted by Gasteiger charge is 2.18. The first-order valence-electron chi connectivity index (χ1n) is 6.21. The predicted octanol–water partition coefficient (Wildman–Crippen LogP) is 2.29. The van der Waals surface area contributed by atoms with Gasteiger partial charge in [0.15, 0.2) is 0 Å². The number of nitrogens with two attached hydrogens (primary N) is 1. The monoisotopic (exact) mass is 215 g/mol. The van der Waals surface area contributed by atoms with Gasteiger partial charge in [0.05, 0.1) is 6.10 Å². The van der Waals surface area contributed by atoms with Crippen LogP contribution in [0.5, 0.6) is 0 Å². The van der Waals surface area contributed by atoms with Crippen LogP contribution < -0.4 is 5.73 Å². The van der Waals surface area contributed by atoms with Crippen LogP contribution in [0, 0.1) is 5.92 Å². The van der Waals surface area contributed by atoms with Crippen LogP contribution in [-0.4, -0.2) is 25.5 Å². The van der Waals surface area contributed by atoms with Gasteiger partial charge < -0.3 is 15.2 Å². The molecule has 15 heavy (non-hydrogen) atoms. The second-order valence-corrected chi connectivity index (χ2v) is 4.62. The summed E-state index contributed by atoms with van der Waals surface area (Å²) >= 11 is 0. The third-order valence-electron chi connectivity index (χ3n) is 2.95. The molecule has 1 heterocycles. The quantitative estimate of drug-likeness (QED) is 0.691. The minimum Gasteiger partial charge on any atom is -0.381 e. The molecule has 0 spiro atoms. The maximum atomic E-state index is 5.97. The molecule has 90 valence electrons. The van der Waals surface area contributed by atoms with Gasteiger partial charge in [0, 0.05) is 13.2 Å². The molecule has 0 bridgehead atoms. The van der Waals surface area contributed by atoms with Crippen LogP contribution in [0.25, 0.3) is 0 Å². The highest BCUT2D eigenvalue weighted by atomic mass is 16.5. The Labute approximate surface area is 93.3 Å². The molecule has 1 aliphatic rings. The van der Waals surface area contributed by atoms with Gasteiger partial charge in [-0.1, -0.05) is 26.7 Å². The van der Waals surface area contributed by atoms with Gasteiger partial charge in [0.2, 0.25) is 0 Å². The van der Waals surface area contributed by atoms with Crippen LogP contribution in [0.4, 0.5) is 0 Å². The fourth-order valence-electron chi connectivity index (χ4n) is 2.12. The average molecular weight is 215 g/mol. The second kappa shape index (κ2) is 7.20. The van der Waals surface area contributed by atoms with Crippen molar-refractivity contribution in [3.8, 4) is 0 Å². The van der Waals surface area contributed by atoms with Crippen molar-refractivity contribution in [1.29, 1.82) is 0 Å². The number of hydrogen-bond donors (Lipinski definition) is 1. The summed E-state index contributed by atoms with van der Waals surface area (Å²) in [7, 11) is 0. The fraction of sp³-hybridized carbons (Fsp3) is 1.00. The van der Waals surface area contributed by atoms with Gasteiger partial charge in [-0.2, -0.15) is 0 Å². The minimum absolute atomic E-state index is 0.0883. The van der Waals surface area contributed by atoms with E-state index >= 15 is 0 Å². The lowest BCUT2D eigenvalue weighted by Gasteiger charge is -2.27. The molecule has 0 aromatic heterocycles. The first-order chi connectivity index (χ1) is 7.22. The summed E-state index contributed by atoms with van der Waals surface area (Å²) < 4.78 is 11.1. The molecule has 0 aromatic carbocycles. The van der Waals surface area contributed by atoms with Crippen LogP contribution in [-0.2, 0) is 9.47 Å². The summed E-state index contributed by atoms with van der Waals surface area (Å²) in [5.41, 5.74) is 5.97. The van der Waals surface area contributed by atoms with Gasteiger partial charge >= 0.3 is 0 Å². The summed E-state index contributed by atoms with van der Waals surface area (Å²) in [6.07, 6.45) is 5.67. The Kier molecular flexibility index (Phi) is 6.22. The van der Waals surface area contributed by atoms with Gasteiger partial charge in [-0.25, -0.2) is 0 Å². The summed E-state index contributed by atoms with van der Waals surface area (Å²) in [5.74, 6) is 0.671. The van der Waals surface area contributed by atoms with Crippen LogP contribution in [0.2, 0.25) is 0 Å². The third-order valence-corrected chi connectivity index (χ3v) is 2.95. The van der Waals surface area contributed by atoms with Gasteiger partial charge in [-0.15, -0.1) is 0 Å². The SMILES string of the molecule is CCCC(C)C[C@@H](N)OC1CCOCC1. The van der Waals surface area contributed by atoms with E-state index in [1.807, 2.05) is 0 Å². The zero-order chi connectivity index (χ0) is 11.1. The molecular formula is C12H25NO2. The number of ether oxygens (including phenoxy) is 2. The van der Waals surface area contributed by atoms with Crippen molar-refractivity contribution in [1.82, 2.24) is 0 Å². The van der Waals surface area contributed by atoms with E-state index < -0.39 is 0 Å². The summed E-state index contributed by atoms with van der Waals surface area (Å²) in [6, 6.07) is 0. The summed E-state index contributed by atoms with van der Waals surface area (Å²) in [6.45, 7) is 6.10. The molecule has 1 rings (SSSR count). The highest BCUT2D eigenvalue weighted by Crippen LogP contribution is 2.16.